The van der Waals surface area contributed by atoms with Gasteiger partial charge in [-0.2, -0.15) is 0 Å². The maximum absolute atomic E-state index is 10.5. The number of hydrogen-bond donors (Lipinski definition) is 1. The second-order valence-corrected chi connectivity index (χ2v) is 6.82. The summed E-state index contributed by atoms with van der Waals surface area (Å²) in [5, 5.41) is 10.5. The molecule has 2 aromatic rings. The molecule has 2 nitrogen and oxygen atoms in total. The van der Waals surface area contributed by atoms with Crippen molar-refractivity contribution in [1.29, 1.82) is 0 Å². The number of halogens is 2. The minimum absolute atomic E-state index is 0.579. The molecule has 2 rings (SSSR count). The summed E-state index contributed by atoms with van der Waals surface area (Å²) >= 11 is 6.81. The number of hydrogen-bond acceptors (Lipinski definition) is 2. The van der Waals surface area contributed by atoms with Crippen LogP contribution >= 0.6 is 31.9 Å². The second kappa shape index (κ2) is 6.16. The Hall–Kier alpha value is -0.710. The van der Waals surface area contributed by atoms with Crippen LogP contribution in [0.2, 0.25) is 0 Å². The van der Waals surface area contributed by atoms with Crippen LogP contribution in [-0.2, 0) is 12.8 Å². The smallest absolute Gasteiger partial charge is 0.0700 e. The highest BCUT2D eigenvalue weighted by atomic mass is 79.9. The average Bonchev–Trinajstić information content (AvgIpc) is 2.31. The van der Waals surface area contributed by atoms with Crippen LogP contribution in [-0.4, -0.2) is 15.7 Å². The molecule has 0 spiro atoms. The second-order valence-electron chi connectivity index (χ2n) is 4.99. The summed E-state index contributed by atoms with van der Waals surface area (Å²) < 4.78 is 1.98. The summed E-state index contributed by atoms with van der Waals surface area (Å²) in [4.78, 5) is 4.12. The number of benzene rings is 1. The first-order valence-electron chi connectivity index (χ1n) is 6.01. The Balaban J connectivity index is 2.07. The van der Waals surface area contributed by atoms with E-state index >= 15 is 0 Å². The van der Waals surface area contributed by atoms with Crippen LogP contribution in [0, 0.1) is 0 Å². The van der Waals surface area contributed by atoms with E-state index in [-0.39, 0.29) is 0 Å². The third-order valence-corrected chi connectivity index (χ3v) is 3.81. The van der Waals surface area contributed by atoms with E-state index in [0.29, 0.717) is 12.8 Å². The van der Waals surface area contributed by atoms with Crippen molar-refractivity contribution in [3.8, 4) is 0 Å². The van der Waals surface area contributed by atoms with E-state index in [4.69, 9.17) is 0 Å². The Bertz CT molecular complexity index is 552. The lowest BCUT2D eigenvalue weighted by atomic mass is 9.90. The number of rotatable bonds is 4. The van der Waals surface area contributed by atoms with Gasteiger partial charge in [-0.1, -0.05) is 28.1 Å². The van der Waals surface area contributed by atoms with Gasteiger partial charge in [0.2, 0.25) is 0 Å². The van der Waals surface area contributed by atoms with Gasteiger partial charge in [-0.3, -0.25) is 4.98 Å². The van der Waals surface area contributed by atoms with Gasteiger partial charge in [-0.15, -0.1) is 0 Å². The monoisotopic (exact) mass is 383 g/mol. The lowest BCUT2D eigenvalue weighted by Gasteiger charge is -2.23. The molecular formula is C15H15Br2NO. The highest BCUT2D eigenvalue weighted by Crippen LogP contribution is 2.21. The van der Waals surface area contributed by atoms with Gasteiger partial charge in [0.25, 0.3) is 0 Å². The van der Waals surface area contributed by atoms with Crippen molar-refractivity contribution in [1.82, 2.24) is 4.98 Å². The molecule has 4 heteroatoms. The molecule has 1 aromatic carbocycles. The van der Waals surface area contributed by atoms with Crippen LogP contribution in [0.25, 0.3) is 0 Å². The van der Waals surface area contributed by atoms with E-state index in [1.54, 1.807) is 12.4 Å². The average molecular weight is 385 g/mol. The molecule has 1 heterocycles. The molecule has 1 aromatic heterocycles. The van der Waals surface area contributed by atoms with E-state index in [1.807, 2.05) is 37.3 Å². The lowest BCUT2D eigenvalue weighted by molar-refractivity contribution is 0.0607. The maximum Gasteiger partial charge on any atom is 0.0700 e. The maximum atomic E-state index is 10.5. The highest BCUT2D eigenvalue weighted by molar-refractivity contribution is 9.10. The van der Waals surface area contributed by atoms with E-state index in [2.05, 4.69) is 36.8 Å². The fraction of sp³-hybridized carbons (Fsp3) is 0.267. The summed E-state index contributed by atoms with van der Waals surface area (Å²) in [5.41, 5.74) is 1.36. The Kier molecular flexibility index (Phi) is 4.76. The zero-order valence-electron chi connectivity index (χ0n) is 10.6. The van der Waals surface area contributed by atoms with Crippen molar-refractivity contribution in [3.05, 3.63) is 62.8 Å². The summed E-state index contributed by atoms with van der Waals surface area (Å²) in [7, 11) is 0. The fourth-order valence-electron chi connectivity index (χ4n) is 2.10. The fourth-order valence-corrected chi connectivity index (χ4v) is 2.77. The first kappa shape index (κ1) is 14.7. The molecule has 100 valence electrons. The zero-order valence-corrected chi connectivity index (χ0v) is 13.8. The van der Waals surface area contributed by atoms with Crippen molar-refractivity contribution in [2.24, 2.45) is 0 Å². The summed E-state index contributed by atoms with van der Waals surface area (Å²) in [6, 6.07) is 10.0. The number of nitrogens with zero attached hydrogens (tertiary/aromatic N) is 1. The van der Waals surface area contributed by atoms with Crippen molar-refractivity contribution in [2.75, 3.05) is 0 Å². The molecule has 0 aliphatic carbocycles. The molecule has 0 aliphatic rings. The Morgan fingerprint density at radius 2 is 1.63 bits per heavy atom. The first-order chi connectivity index (χ1) is 8.94. The molecule has 0 saturated heterocycles. The van der Waals surface area contributed by atoms with Crippen molar-refractivity contribution in [2.45, 2.75) is 25.4 Å². The Morgan fingerprint density at radius 1 is 1.00 bits per heavy atom. The number of aliphatic hydroxyl groups is 1. The lowest BCUT2D eigenvalue weighted by Crippen LogP contribution is -2.30. The minimum atomic E-state index is -0.781. The topological polar surface area (TPSA) is 33.1 Å². The van der Waals surface area contributed by atoms with Crippen LogP contribution in [0.4, 0.5) is 0 Å². The van der Waals surface area contributed by atoms with Gasteiger partial charge < -0.3 is 5.11 Å². The minimum Gasteiger partial charge on any atom is -0.389 e. The predicted octanol–water partition coefficient (Wildman–Crippen LogP) is 4.14. The van der Waals surface area contributed by atoms with Crippen LogP contribution < -0.4 is 0 Å². The summed E-state index contributed by atoms with van der Waals surface area (Å²) in [6.45, 7) is 1.86. The van der Waals surface area contributed by atoms with E-state index < -0.39 is 5.60 Å². The number of aromatic nitrogens is 1. The largest absolute Gasteiger partial charge is 0.389 e. The summed E-state index contributed by atoms with van der Waals surface area (Å²) in [6.07, 6.45) is 4.73. The molecular weight excluding hydrogens is 370 g/mol. The molecule has 1 N–H and O–H groups in total. The van der Waals surface area contributed by atoms with Crippen LogP contribution in [0.1, 0.15) is 18.1 Å². The summed E-state index contributed by atoms with van der Waals surface area (Å²) in [5.74, 6) is 0. The third-order valence-electron chi connectivity index (χ3n) is 2.84. The normalized spacial score (nSPS) is 14.1. The van der Waals surface area contributed by atoms with Gasteiger partial charge in [-0.05, 0) is 52.2 Å². The molecule has 19 heavy (non-hydrogen) atoms. The van der Waals surface area contributed by atoms with E-state index in [1.165, 1.54) is 0 Å². The van der Waals surface area contributed by atoms with Crippen molar-refractivity contribution in [3.63, 3.8) is 0 Å². The highest BCUT2D eigenvalue weighted by Gasteiger charge is 2.21. The van der Waals surface area contributed by atoms with Crippen LogP contribution in [0.15, 0.2) is 51.7 Å². The SMILES string of the molecule is CC(O)(Cc1ccc(Br)cc1)Cc1cncc(Br)c1. The van der Waals surface area contributed by atoms with Crippen LogP contribution in [0.3, 0.4) is 0 Å². The molecule has 1 atom stereocenters. The Labute approximate surface area is 130 Å². The quantitative estimate of drug-likeness (QED) is 0.859. The van der Waals surface area contributed by atoms with Gasteiger partial charge in [-0.25, -0.2) is 0 Å². The predicted molar refractivity (Wildman–Crippen MR) is 84.1 cm³/mol. The molecule has 0 aliphatic heterocycles. The van der Waals surface area contributed by atoms with E-state index in [9.17, 15) is 5.11 Å². The zero-order chi connectivity index (χ0) is 13.9. The first-order valence-corrected chi connectivity index (χ1v) is 7.59. The molecule has 0 amide bonds. The molecule has 0 saturated carbocycles. The van der Waals surface area contributed by atoms with Crippen molar-refractivity contribution >= 4 is 31.9 Å². The van der Waals surface area contributed by atoms with E-state index in [0.717, 1.165) is 20.1 Å². The molecule has 1 unspecified atom stereocenters. The van der Waals surface area contributed by atoms with Gasteiger partial charge in [0, 0.05) is 34.2 Å². The standard InChI is InChI=1S/C15H15Br2NO/c1-15(19,7-11-2-4-13(16)5-3-11)8-12-6-14(17)10-18-9-12/h2-6,9-10,19H,7-8H2,1H3. The van der Waals surface area contributed by atoms with Gasteiger partial charge in [0.1, 0.15) is 0 Å². The molecule has 0 bridgehead atoms. The Morgan fingerprint density at radius 3 is 2.26 bits per heavy atom. The third kappa shape index (κ3) is 4.71. The molecule has 0 radical (unpaired) electrons. The van der Waals surface area contributed by atoms with Crippen LogP contribution in [0.5, 0.6) is 0 Å². The van der Waals surface area contributed by atoms with Crippen molar-refractivity contribution < 1.29 is 5.11 Å². The molecule has 0 fully saturated rings. The van der Waals surface area contributed by atoms with Gasteiger partial charge >= 0.3 is 0 Å². The number of pyridine rings is 1. The van der Waals surface area contributed by atoms with Gasteiger partial charge in [0.05, 0.1) is 5.60 Å². The van der Waals surface area contributed by atoms with Gasteiger partial charge in [0.15, 0.2) is 0 Å².